The van der Waals surface area contributed by atoms with Crippen LogP contribution in [0.15, 0.2) is 16.5 Å². The second-order valence-electron chi connectivity index (χ2n) is 4.19. The van der Waals surface area contributed by atoms with Crippen LogP contribution in [0.4, 0.5) is 0 Å². The van der Waals surface area contributed by atoms with E-state index in [1.807, 2.05) is 32.9 Å². The number of rotatable bonds is 3. The van der Waals surface area contributed by atoms with E-state index >= 15 is 0 Å². The quantitative estimate of drug-likeness (QED) is 0.808. The van der Waals surface area contributed by atoms with Crippen LogP contribution >= 0.6 is 0 Å². The number of carboxylic acids is 1. The highest BCUT2D eigenvalue weighted by Crippen LogP contribution is 2.32. The Morgan fingerprint density at radius 3 is 2.43 bits per heavy atom. The van der Waals surface area contributed by atoms with Crippen molar-refractivity contribution in [2.45, 2.75) is 33.1 Å². The zero-order valence-electron chi connectivity index (χ0n) is 9.00. The minimum Gasteiger partial charge on any atom is -0.481 e. The Labute approximate surface area is 83.7 Å². The Hall–Kier alpha value is -1.25. The van der Waals surface area contributed by atoms with Crippen LogP contribution < -0.4 is 0 Å². The molecule has 0 spiro atoms. The molecular formula is C11H16O3. The maximum Gasteiger partial charge on any atom is 0.307 e. The molecule has 0 radical (unpaired) electrons. The standard InChI is InChI=1S/C11H16O3/c1-7-5-6-9(14-7)11(3,4)8(2)10(12)13/h5-6,8H,1-4H3,(H,12,13). The molecule has 0 amide bonds. The lowest BCUT2D eigenvalue weighted by Gasteiger charge is -2.26. The van der Waals surface area contributed by atoms with Crippen LogP contribution in [-0.4, -0.2) is 11.1 Å². The summed E-state index contributed by atoms with van der Waals surface area (Å²) in [7, 11) is 0. The number of carboxylic acid groups (broad SMARTS) is 1. The van der Waals surface area contributed by atoms with Crippen molar-refractivity contribution in [1.29, 1.82) is 0 Å². The molecule has 0 aliphatic heterocycles. The van der Waals surface area contributed by atoms with Gasteiger partial charge in [-0.3, -0.25) is 4.79 Å². The largest absolute Gasteiger partial charge is 0.481 e. The summed E-state index contributed by atoms with van der Waals surface area (Å²) in [6.45, 7) is 7.30. The van der Waals surface area contributed by atoms with Gasteiger partial charge < -0.3 is 9.52 Å². The summed E-state index contributed by atoms with van der Waals surface area (Å²) in [5.41, 5.74) is -0.472. The lowest BCUT2D eigenvalue weighted by atomic mass is 9.78. The van der Waals surface area contributed by atoms with E-state index in [1.165, 1.54) is 0 Å². The molecule has 1 N–H and O–H groups in total. The molecule has 0 saturated carbocycles. The lowest BCUT2D eigenvalue weighted by Crippen LogP contribution is -2.32. The van der Waals surface area contributed by atoms with Crippen molar-refractivity contribution in [2.75, 3.05) is 0 Å². The third kappa shape index (κ3) is 1.81. The predicted octanol–water partition coefficient (Wildman–Crippen LogP) is 2.59. The first-order chi connectivity index (χ1) is 6.35. The fraction of sp³-hybridized carbons (Fsp3) is 0.545. The number of furan rings is 1. The highest BCUT2D eigenvalue weighted by Gasteiger charge is 2.35. The van der Waals surface area contributed by atoms with E-state index < -0.39 is 17.3 Å². The van der Waals surface area contributed by atoms with Crippen LogP contribution in [0.3, 0.4) is 0 Å². The van der Waals surface area contributed by atoms with Gasteiger partial charge in [-0.15, -0.1) is 0 Å². The van der Waals surface area contributed by atoms with Gasteiger partial charge >= 0.3 is 5.97 Å². The zero-order chi connectivity index (χ0) is 10.9. The van der Waals surface area contributed by atoms with Gasteiger partial charge in [-0.25, -0.2) is 0 Å². The van der Waals surface area contributed by atoms with Crippen molar-refractivity contribution in [3.05, 3.63) is 23.7 Å². The van der Waals surface area contributed by atoms with E-state index in [2.05, 4.69) is 0 Å². The van der Waals surface area contributed by atoms with E-state index in [-0.39, 0.29) is 0 Å². The number of hydrogen-bond donors (Lipinski definition) is 1. The van der Waals surface area contributed by atoms with Crippen molar-refractivity contribution in [3.8, 4) is 0 Å². The average Bonchev–Trinajstić information content (AvgIpc) is 2.50. The third-order valence-electron chi connectivity index (χ3n) is 2.83. The number of hydrogen-bond acceptors (Lipinski definition) is 2. The summed E-state index contributed by atoms with van der Waals surface area (Å²) in [4.78, 5) is 10.9. The van der Waals surface area contributed by atoms with Crippen molar-refractivity contribution in [1.82, 2.24) is 0 Å². The molecule has 0 fully saturated rings. The molecule has 0 saturated heterocycles. The fourth-order valence-electron chi connectivity index (χ4n) is 1.30. The summed E-state index contributed by atoms with van der Waals surface area (Å²) in [6.07, 6.45) is 0. The van der Waals surface area contributed by atoms with E-state index in [0.29, 0.717) is 0 Å². The van der Waals surface area contributed by atoms with E-state index in [9.17, 15) is 4.79 Å². The predicted molar refractivity (Wildman–Crippen MR) is 53.3 cm³/mol. The zero-order valence-corrected chi connectivity index (χ0v) is 9.00. The van der Waals surface area contributed by atoms with Gasteiger partial charge in [0.25, 0.3) is 0 Å². The van der Waals surface area contributed by atoms with Crippen LogP contribution in [0.2, 0.25) is 0 Å². The molecule has 0 bridgehead atoms. The highest BCUT2D eigenvalue weighted by molar-refractivity contribution is 5.71. The van der Waals surface area contributed by atoms with Gasteiger partial charge in [-0.1, -0.05) is 20.8 Å². The molecule has 1 aromatic heterocycles. The SMILES string of the molecule is Cc1ccc(C(C)(C)C(C)C(=O)O)o1. The smallest absolute Gasteiger partial charge is 0.307 e. The van der Waals surface area contributed by atoms with Crippen molar-refractivity contribution >= 4 is 5.97 Å². The Morgan fingerprint density at radius 1 is 1.50 bits per heavy atom. The van der Waals surface area contributed by atoms with Crippen LogP contribution in [0, 0.1) is 12.8 Å². The van der Waals surface area contributed by atoms with Gasteiger partial charge in [0.15, 0.2) is 0 Å². The molecule has 14 heavy (non-hydrogen) atoms. The van der Waals surface area contributed by atoms with Gasteiger partial charge in [0.1, 0.15) is 11.5 Å². The Morgan fingerprint density at radius 2 is 2.07 bits per heavy atom. The first kappa shape index (κ1) is 10.8. The Bertz CT molecular complexity index is 336. The van der Waals surface area contributed by atoms with E-state index in [1.54, 1.807) is 6.92 Å². The summed E-state index contributed by atoms with van der Waals surface area (Å²) >= 11 is 0. The summed E-state index contributed by atoms with van der Waals surface area (Å²) in [6, 6.07) is 3.69. The monoisotopic (exact) mass is 196 g/mol. The molecule has 0 aliphatic carbocycles. The van der Waals surface area contributed by atoms with Crippen LogP contribution in [0.5, 0.6) is 0 Å². The second-order valence-corrected chi connectivity index (χ2v) is 4.19. The Balaban J connectivity index is 3.01. The molecule has 78 valence electrons. The second kappa shape index (κ2) is 3.48. The minimum atomic E-state index is -0.802. The molecule has 0 aliphatic rings. The molecule has 0 aromatic carbocycles. The van der Waals surface area contributed by atoms with Gasteiger partial charge in [0.05, 0.1) is 5.92 Å². The number of aryl methyl sites for hydroxylation is 1. The first-order valence-electron chi connectivity index (χ1n) is 4.65. The third-order valence-corrected chi connectivity index (χ3v) is 2.83. The van der Waals surface area contributed by atoms with E-state index in [4.69, 9.17) is 9.52 Å². The molecule has 1 atom stereocenters. The molecular weight excluding hydrogens is 180 g/mol. The lowest BCUT2D eigenvalue weighted by molar-refractivity contribution is -0.143. The van der Waals surface area contributed by atoms with Gasteiger partial charge in [-0.05, 0) is 19.1 Å². The van der Waals surface area contributed by atoms with Crippen molar-refractivity contribution in [2.24, 2.45) is 5.92 Å². The van der Waals surface area contributed by atoms with Crippen molar-refractivity contribution < 1.29 is 14.3 Å². The molecule has 3 heteroatoms. The number of aliphatic carboxylic acids is 1. The molecule has 1 aromatic rings. The van der Waals surface area contributed by atoms with Gasteiger partial charge in [0.2, 0.25) is 0 Å². The molecule has 1 rings (SSSR count). The summed E-state index contributed by atoms with van der Waals surface area (Å²) < 4.78 is 5.46. The molecule has 1 unspecified atom stereocenters. The highest BCUT2D eigenvalue weighted by atomic mass is 16.4. The summed E-state index contributed by atoms with van der Waals surface area (Å²) in [5, 5.41) is 8.94. The summed E-state index contributed by atoms with van der Waals surface area (Å²) in [5.74, 6) is 0.271. The van der Waals surface area contributed by atoms with Crippen molar-refractivity contribution in [3.63, 3.8) is 0 Å². The normalized spacial score (nSPS) is 14.0. The minimum absolute atomic E-state index is 0.465. The average molecular weight is 196 g/mol. The number of carbonyl (C=O) groups is 1. The molecule has 1 heterocycles. The van der Waals surface area contributed by atoms with Crippen LogP contribution in [-0.2, 0) is 10.2 Å². The van der Waals surface area contributed by atoms with E-state index in [0.717, 1.165) is 11.5 Å². The van der Waals surface area contributed by atoms with Gasteiger partial charge in [0, 0.05) is 5.41 Å². The van der Waals surface area contributed by atoms with Crippen LogP contribution in [0.1, 0.15) is 32.3 Å². The molecule has 3 nitrogen and oxygen atoms in total. The maximum absolute atomic E-state index is 10.9. The topological polar surface area (TPSA) is 50.4 Å². The van der Waals surface area contributed by atoms with Crippen LogP contribution in [0.25, 0.3) is 0 Å². The van der Waals surface area contributed by atoms with Gasteiger partial charge in [-0.2, -0.15) is 0 Å². The fourth-order valence-corrected chi connectivity index (χ4v) is 1.30. The Kier molecular flexibility index (Phi) is 2.69. The maximum atomic E-state index is 10.9. The first-order valence-corrected chi connectivity index (χ1v) is 4.65.